The molecule has 3 rings (SSSR count). The number of thioether (sulfide) groups is 1. The summed E-state index contributed by atoms with van der Waals surface area (Å²) >= 11 is 1.68. The average Bonchev–Trinajstić information content (AvgIpc) is 2.62. The summed E-state index contributed by atoms with van der Waals surface area (Å²) < 4.78 is 5.85. The average molecular weight is 267 g/mol. The lowest BCUT2D eigenvalue weighted by Crippen LogP contribution is -1.99. The lowest BCUT2D eigenvalue weighted by molar-refractivity contribution is 0.306. The molecule has 2 nitrogen and oxygen atoms in total. The van der Waals surface area contributed by atoms with E-state index in [1.165, 1.54) is 0 Å². The molecule has 0 N–H and O–H groups in total. The van der Waals surface area contributed by atoms with E-state index in [1.807, 2.05) is 42.7 Å². The van der Waals surface area contributed by atoms with Gasteiger partial charge in [-0.3, -0.25) is 0 Å². The molecule has 0 aliphatic carbocycles. The van der Waals surface area contributed by atoms with Crippen molar-refractivity contribution in [3.63, 3.8) is 0 Å². The van der Waals surface area contributed by atoms with Crippen molar-refractivity contribution >= 4 is 11.8 Å². The highest BCUT2D eigenvalue weighted by Crippen LogP contribution is 2.38. The molecular formula is C16H13NOS. The van der Waals surface area contributed by atoms with E-state index < -0.39 is 0 Å². The van der Waals surface area contributed by atoms with Crippen LogP contribution in [0.15, 0.2) is 47.4 Å². The molecule has 2 aromatic carbocycles. The Balaban J connectivity index is 2.20. The van der Waals surface area contributed by atoms with Crippen molar-refractivity contribution in [3.05, 3.63) is 59.2 Å². The van der Waals surface area contributed by atoms with E-state index in [0.29, 0.717) is 6.61 Å². The molecular weight excluding hydrogens is 254 g/mol. The topological polar surface area (TPSA) is 33.0 Å². The molecule has 0 unspecified atom stereocenters. The van der Waals surface area contributed by atoms with Crippen LogP contribution in [0.4, 0.5) is 0 Å². The van der Waals surface area contributed by atoms with E-state index in [0.717, 1.165) is 27.3 Å². The van der Waals surface area contributed by atoms with Gasteiger partial charge in [-0.1, -0.05) is 24.3 Å². The first-order chi connectivity index (χ1) is 9.33. The minimum atomic E-state index is -0.249. The summed E-state index contributed by atoms with van der Waals surface area (Å²) in [4.78, 5) is 1.15. The third kappa shape index (κ3) is 2.09. The van der Waals surface area contributed by atoms with Crippen LogP contribution in [-0.2, 0) is 6.61 Å². The van der Waals surface area contributed by atoms with Crippen LogP contribution in [-0.4, -0.2) is 6.26 Å². The zero-order valence-corrected chi connectivity index (χ0v) is 11.4. The smallest absolute Gasteiger partial charge is 0.124 e. The number of fused-ring (bicyclic) bond motifs is 2. The first kappa shape index (κ1) is 12.1. The van der Waals surface area contributed by atoms with Gasteiger partial charge in [0.05, 0.1) is 6.07 Å². The first-order valence-electron chi connectivity index (χ1n) is 6.11. The first-order valence-corrected chi connectivity index (χ1v) is 7.34. The molecule has 0 bridgehead atoms. The van der Waals surface area contributed by atoms with Crippen LogP contribution < -0.4 is 4.74 Å². The number of nitrogens with zero attached hydrogens (tertiary/aromatic N) is 1. The fourth-order valence-electron chi connectivity index (χ4n) is 2.42. The monoisotopic (exact) mass is 267 g/mol. The Bertz CT molecular complexity index is 660. The van der Waals surface area contributed by atoms with E-state index in [-0.39, 0.29) is 5.92 Å². The normalized spacial score (nSPS) is 16.5. The number of nitriles is 1. The summed E-state index contributed by atoms with van der Waals surface area (Å²) in [6.07, 6.45) is 2.04. The van der Waals surface area contributed by atoms with Crippen LogP contribution in [0.2, 0.25) is 0 Å². The quantitative estimate of drug-likeness (QED) is 0.733. The Hall–Kier alpha value is -1.92. The van der Waals surface area contributed by atoms with E-state index in [4.69, 9.17) is 4.74 Å². The lowest BCUT2D eigenvalue weighted by atomic mass is 9.90. The van der Waals surface area contributed by atoms with Gasteiger partial charge in [-0.25, -0.2) is 0 Å². The summed E-state index contributed by atoms with van der Waals surface area (Å²) in [5.74, 6) is 0.571. The van der Waals surface area contributed by atoms with Gasteiger partial charge < -0.3 is 4.74 Å². The van der Waals surface area contributed by atoms with Crippen LogP contribution in [0.3, 0.4) is 0 Å². The van der Waals surface area contributed by atoms with Gasteiger partial charge in [0.25, 0.3) is 0 Å². The summed E-state index contributed by atoms with van der Waals surface area (Å²) in [6, 6.07) is 16.5. The molecule has 1 aliphatic rings. The largest absolute Gasteiger partial charge is 0.489 e. The minimum absolute atomic E-state index is 0.249. The molecule has 0 spiro atoms. The number of benzene rings is 2. The Labute approximate surface area is 117 Å². The fourth-order valence-corrected chi connectivity index (χ4v) is 2.87. The second kappa shape index (κ2) is 4.99. The summed E-state index contributed by atoms with van der Waals surface area (Å²) in [6.45, 7) is 0.528. The molecule has 0 amide bonds. The van der Waals surface area contributed by atoms with Gasteiger partial charge in [-0.2, -0.15) is 5.26 Å². The maximum Gasteiger partial charge on any atom is 0.124 e. The predicted octanol–water partition coefficient (Wildman–Crippen LogP) is 3.96. The van der Waals surface area contributed by atoms with Crippen LogP contribution in [0, 0.1) is 11.3 Å². The molecule has 1 aliphatic heterocycles. The van der Waals surface area contributed by atoms with E-state index in [2.05, 4.69) is 12.1 Å². The van der Waals surface area contributed by atoms with Crippen molar-refractivity contribution in [3.8, 4) is 11.8 Å². The molecule has 0 radical (unpaired) electrons. The van der Waals surface area contributed by atoms with Crippen LogP contribution in [0.5, 0.6) is 5.75 Å². The van der Waals surface area contributed by atoms with Gasteiger partial charge in [-0.05, 0) is 35.6 Å². The van der Waals surface area contributed by atoms with Gasteiger partial charge in [-0.15, -0.1) is 11.8 Å². The zero-order valence-electron chi connectivity index (χ0n) is 10.6. The SMILES string of the molecule is CSc1ccc2c(c1)[C@H](C#N)c1ccccc1CO2. The van der Waals surface area contributed by atoms with Crippen molar-refractivity contribution in [2.24, 2.45) is 0 Å². The second-order valence-corrected chi connectivity index (χ2v) is 5.33. The van der Waals surface area contributed by atoms with Crippen molar-refractivity contribution in [2.75, 3.05) is 6.26 Å². The molecule has 19 heavy (non-hydrogen) atoms. The van der Waals surface area contributed by atoms with Gasteiger partial charge >= 0.3 is 0 Å². The van der Waals surface area contributed by atoms with E-state index in [9.17, 15) is 5.26 Å². The number of rotatable bonds is 1. The van der Waals surface area contributed by atoms with Gasteiger partial charge in [0, 0.05) is 10.5 Å². The van der Waals surface area contributed by atoms with Crippen molar-refractivity contribution in [1.29, 1.82) is 5.26 Å². The summed E-state index contributed by atoms with van der Waals surface area (Å²) in [5.41, 5.74) is 3.12. The van der Waals surface area contributed by atoms with Gasteiger partial charge in [0.15, 0.2) is 0 Å². The van der Waals surface area contributed by atoms with Crippen molar-refractivity contribution in [2.45, 2.75) is 17.4 Å². The van der Waals surface area contributed by atoms with Crippen LogP contribution in [0.25, 0.3) is 0 Å². The highest BCUT2D eigenvalue weighted by atomic mass is 32.2. The Morgan fingerprint density at radius 2 is 2.05 bits per heavy atom. The Morgan fingerprint density at radius 3 is 2.84 bits per heavy atom. The molecule has 1 atom stereocenters. The molecule has 1 heterocycles. The maximum atomic E-state index is 9.56. The third-order valence-electron chi connectivity index (χ3n) is 3.41. The molecule has 0 saturated carbocycles. The summed E-state index contributed by atoms with van der Waals surface area (Å²) in [7, 11) is 0. The maximum absolute atomic E-state index is 9.56. The Morgan fingerprint density at radius 1 is 1.21 bits per heavy atom. The summed E-state index contributed by atoms with van der Waals surface area (Å²) in [5, 5.41) is 9.56. The number of ether oxygens (including phenoxy) is 1. The highest BCUT2D eigenvalue weighted by molar-refractivity contribution is 7.98. The fraction of sp³-hybridized carbons (Fsp3) is 0.188. The number of hydrogen-bond donors (Lipinski definition) is 0. The van der Waals surface area contributed by atoms with Crippen molar-refractivity contribution in [1.82, 2.24) is 0 Å². The molecule has 94 valence electrons. The Kier molecular flexibility index (Phi) is 3.18. The van der Waals surface area contributed by atoms with Crippen LogP contribution >= 0.6 is 11.8 Å². The molecule has 0 aromatic heterocycles. The van der Waals surface area contributed by atoms with Crippen LogP contribution in [0.1, 0.15) is 22.6 Å². The third-order valence-corrected chi connectivity index (χ3v) is 4.13. The van der Waals surface area contributed by atoms with Crippen molar-refractivity contribution < 1.29 is 4.74 Å². The highest BCUT2D eigenvalue weighted by Gasteiger charge is 2.24. The minimum Gasteiger partial charge on any atom is -0.489 e. The zero-order chi connectivity index (χ0) is 13.2. The molecule has 0 fully saturated rings. The second-order valence-electron chi connectivity index (χ2n) is 4.45. The van der Waals surface area contributed by atoms with E-state index >= 15 is 0 Å². The van der Waals surface area contributed by atoms with Gasteiger partial charge in [0.2, 0.25) is 0 Å². The predicted molar refractivity (Wildman–Crippen MR) is 76.5 cm³/mol. The lowest BCUT2D eigenvalue weighted by Gasteiger charge is -2.12. The number of hydrogen-bond acceptors (Lipinski definition) is 3. The standard InChI is InChI=1S/C16H13NOS/c1-19-12-6-7-16-14(8-12)15(9-17)13-5-3-2-4-11(13)10-18-16/h2-8,15H,10H2,1H3/t15-/m1/s1. The van der Waals surface area contributed by atoms with Gasteiger partial charge in [0.1, 0.15) is 18.3 Å². The van der Waals surface area contributed by atoms with E-state index in [1.54, 1.807) is 11.8 Å². The molecule has 2 aromatic rings. The molecule has 0 saturated heterocycles. The molecule has 3 heteroatoms.